The van der Waals surface area contributed by atoms with Crippen LogP contribution < -0.4 is 11.1 Å². The lowest BCUT2D eigenvalue weighted by atomic mass is 10.2. The maximum absolute atomic E-state index is 11.8. The lowest BCUT2D eigenvalue weighted by molar-refractivity contribution is 0.0799. The Balaban J connectivity index is 2.16. The van der Waals surface area contributed by atoms with Gasteiger partial charge in [-0.05, 0) is 12.1 Å². The Hall–Kier alpha value is -2.05. The number of hydrogen-bond acceptors (Lipinski definition) is 4. The van der Waals surface area contributed by atoms with E-state index in [1.807, 2.05) is 12.1 Å². The first-order chi connectivity index (χ1) is 8.61. The van der Waals surface area contributed by atoms with Crippen LogP contribution in [-0.4, -0.2) is 40.4 Å². The predicted molar refractivity (Wildman–Crippen MR) is 68.1 cm³/mol. The number of anilines is 1. The molecular weight excluding hydrogens is 234 g/mol. The average molecular weight is 249 g/mol. The number of fused-ring (bicyclic) bond motifs is 1. The predicted octanol–water partition coefficient (Wildman–Crippen LogP) is -0.167. The number of nitrogens with two attached hydrogens (primary N) is 1. The summed E-state index contributed by atoms with van der Waals surface area (Å²) in [5, 5.41) is 21.1. The highest BCUT2D eigenvalue weighted by molar-refractivity contribution is 6.00. The van der Waals surface area contributed by atoms with Crippen molar-refractivity contribution in [3.8, 4) is 0 Å². The summed E-state index contributed by atoms with van der Waals surface area (Å²) in [4.78, 5) is 14.7. The molecule has 6 heteroatoms. The van der Waals surface area contributed by atoms with Crippen molar-refractivity contribution in [3.63, 3.8) is 0 Å². The first-order valence-electron chi connectivity index (χ1n) is 5.56. The zero-order valence-corrected chi connectivity index (χ0v) is 9.68. The lowest BCUT2D eigenvalue weighted by Crippen LogP contribution is -2.34. The third-order valence-corrected chi connectivity index (χ3v) is 2.64. The van der Waals surface area contributed by atoms with Crippen LogP contribution in [0.1, 0.15) is 10.5 Å². The first kappa shape index (κ1) is 12.4. The van der Waals surface area contributed by atoms with E-state index >= 15 is 0 Å². The van der Waals surface area contributed by atoms with Crippen LogP contribution in [0.25, 0.3) is 10.9 Å². The fraction of sp³-hybridized carbons (Fsp3) is 0.250. The van der Waals surface area contributed by atoms with Crippen LogP contribution in [0.5, 0.6) is 0 Å². The summed E-state index contributed by atoms with van der Waals surface area (Å²) < 4.78 is 0. The van der Waals surface area contributed by atoms with Crippen molar-refractivity contribution in [3.05, 3.63) is 30.0 Å². The Morgan fingerprint density at radius 3 is 2.94 bits per heavy atom. The minimum Gasteiger partial charge on any atom is -0.397 e. The first-order valence-corrected chi connectivity index (χ1v) is 5.56. The van der Waals surface area contributed by atoms with Crippen LogP contribution in [0.2, 0.25) is 0 Å². The fourth-order valence-corrected chi connectivity index (χ4v) is 1.67. The van der Waals surface area contributed by atoms with Gasteiger partial charge in [-0.3, -0.25) is 4.79 Å². The SMILES string of the molecule is Nc1cccc2cc(C(=O)NCC(O)CO)[nH]c12. The molecule has 1 aromatic carbocycles. The van der Waals surface area contributed by atoms with Gasteiger partial charge in [0.25, 0.3) is 5.91 Å². The maximum Gasteiger partial charge on any atom is 0.267 e. The lowest BCUT2D eigenvalue weighted by Gasteiger charge is -2.07. The highest BCUT2D eigenvalue weighted by atomic mass is 16.3. The molecule has 0 spiro atoms. The van der Waals surface area contributed by atoms with Crippen LogP contribution in [-0.2, 0) is 0 Å². The smallest absolute Gasteiger partial charge is 0.267 e. The summed E-state index contributed by atoms with van der Waals surface area (Å²) in [7, 11) is 0. The molecule has 1 aromatic heterocycles. The van der Waals surface area contributed by atoms with Gasteiger partial charge >= 0.3 is 0 Å². The van der Waals surface area contributed by atoms with Crippen LogP contribution >= 0.6 is 0 Å². The summed E-state index contributed by atoms with van der Waals surface area (Å²) >= 11 is 0. The second-order valence-electron chi connectivity index (χ2n) is 4.04. The van der Waals surface area contributed by atoms with E-state index in [0.29, 0.717) is 16.9 Å². The minimum absolute atomic E-state index is 0.000179. The average Bonchev–Trinajstić information content (AvgIpc) is 2.81. The van der Waals surface area contributed by atoms with Crippen molar-refractivity contribution in [2.24, 2.45) is 0 Å². The largest absolute Gasteiger partial charge is 0.397 e. The molecule has 0 aliphatic rings. The molecule has 1 heterocycles. The summed E-state index contributed by atoms with van der Waals surface area (Å²) in [5.41, 5.74) is 7.43. The van der Waals surface area contributed by atoms with E-state index in [0.717, 1.165) is 5.39 Å². The van der Waals surface area contributed by atoms with E-state index in [9.17, 15) is 4.79 Å². The second-order valence-corrected chi connectivity index (χ2v) is 4.04. The van der Waals surface area contributed by atoms with Gasteiger partial charge in [0.05, 0.1) is 23.9 Å². The number of aromatic amines is 1. The Bertz CT molecular complexity index is 565. The van der Waals surface area contributed by atoms with Gasteiger partial charge in [0.15, 0.2) is 0 Å². The summed E-state index contributed by atoms with van der Waals surface area (Å²) in [5.74, 6) is -0.349. The molecule has 1 unspecified atom stereocenters. The quantitative estimate of drug-likeness (QED) is 0.484. The van der Waals surface area contributed by atoms with Gasteiger partial charge in [-0.1, -0.05) is 12.1 Å². The molecule has 96 valence electrons. The molecule has 1 amide bonds. The molecule has 0 fully saturated rings. The molecule has 0 saturated heterocycles. The van der Waals surface area contributed by atoms with E-state index in [2.05, 4.69) is 10.3 Å². The third-order valence-electron chi connectivity index (χ3n) is 2.64. The third kappa shape index (κ3) is 2.44. The summed E-state index contributed by atoms with van der Waals surface area (Å²) in [6, 6.07) is 7.09. The Morgan fingerprint density at radius 1 is 1.50 bits per heavy atom. The molecule has 0 aliphatic carbocycles. The van der Waals surface area contributed by atoms with Gasteiger partial charge < -0.3 is 26.2 Å². The topological polar surface area (TPSA) is 111 Å². The van der Waals surface area contributed by atoms with Crippen molar-refractivity contribution >= 4 is 22.5 Å². The van der Waals surface area contributed by atoms with Crippen LogP contribution in [0, 0.1) is 0 Å². The van der Waals surface area contributed by atoms with Gasteiger partial charge in [0, 0.05) is 11.9 Å². The number of para-hydroxylation sites is 1. The molecule has 2 aromatic rings. The number of aromatic nitrogens is 1. The minimum atomic E-state index is -0.955. The molecule has 0 aliphatic heterocycles. The van der Waals surface area contributed by atoms with Gasteiger partial charge in [-0.15, -0.1) is 0 Å². The van der Waals surface area contributed by atoms with Crippen molar-refractivity contribution in [2.75, 3.05) is 18.9 Å². The standard InChI is InChI=1S/C12H15N3O3/c13-9-3-1-2-7-4-10(15-11(7)9)12(18)14-5-8(17)6-16/h1-4,8,15-17H,5-6,13H2,(H,14,18). The number of amides is 1. The highest BCUT2D eigenvalue weighted by Gasteiger charge is 2.11. The van der Waals surface area contributed by atoms with Gasteiger partial charge in [0.2, 0.25) is 0 Å². The molecule has 18 heavy (non-hydrogen) atoms. The van der Waals surface area contributed by atoms with Crippen molar-refractivity contribution < 1.29 is 15.0 Å². The van der Waals surface area contributed by atoms with E-state index in [-0.39, 0.29) is 19.1 Å². The van der Waals surface area contributed by atoms with Crippen molar-refractivity contribution in [1.29, 1.82) is 0 Å². The number of benzene rings is 1. The number of hydrogen-bond donors (Lipinski definition) is 5. The number of carbonyl (C=O) groups is 1. The molecule has 6 nitrogen and oxygen atoms in total. The number of H-pyrrole nitrogens is 1. The number of rotatable bonds is 4. The molecule has 0 bridgehead atoms. The van der Waals surface area contributed by atoms with Gasteiger partial charge in [-0.25, -0.2) is 0 Å². The van der Waals surface area contributed by atoms with Gasteiger partial charge in [0.1, 0.15) is 5.69 Å². The monoisotopic (exact) mass is 249 g/mol. The van der Waals surface area contributed by atoms with E-state index in [1.165, 1.54) is 0 Å². The van der Waals surface area contributed by atoms with E-state index in [4.69, 9.17) is 15.9 Å². The summed E-state index contributed by atoms with van der Waals surface area (Å²) in [6.45, 7) is -0.389. The summed E-state index contributed by atoms with van der Waals surface area (Å²) in [6.07, 6.45) is -0.955. The van der Waals surface area contributed by atoms with Crippen LogP contribution in [0.15, 0.2) is 24.3 Å². The highest BCUT2D eigenvalue weighted by Crippen LogP contribution is 2.20. The number of aliphatic hydroxyl groups is 2. The number of nitrogen functional groups attached to an aromatic ring is 1. The Labute approximate surface area is 103 Å². The zero-order valence-electron chi connectivity index (χ0n) is 9.68. The zero-order chi connectivity index (χ0) is 13.1. The molecule has 6 N–H and O–H groups in total. The molecule has 0 saturated carbocycles. The normalized spacial score (nSPS) is 12.6. The number of carbonyl (C=O) groups excluding carboxylic acids is 1. The Kier molecular flexibility index (Phi) is 3.50. The fourth-order valence-electron chi connectivity index (χ4n) is 1.67. The van der Waals surface area contributed by atoms with E-state index in [1.54, 1.807) is 12.1 Å². The van der Waals surface area contributed by atoms with Crippen molar-refractivity contribution in [1.82, 2.24) is 10.3 Å². The van der Waals surface area contributed by atoms with Gasteiger partial charge in [-0.2, -0.15) is 0 Å². The Morgan fingerprint density at radius 2 is 2.28 bits per heavy atom. The molecule has 2 rings (SSSR count). The van der Waals surface area contributed by atoms with E-state index < -0.39 is 6.10 Å². The maximum atomic E-state index is 11.8. The number of aliphatic hydroxyl groups excluding tert-OH is 2. The van der Waals surface area contributed by atoms with Crippen molar-refractivity contribution in [2.45, 2.75) is 6.10 Å². The van der Waals surface area contributed by atoms with Crippen LogP contribution in [0.3, 0.4) is 0 Å². The number of nitrogens with one attached hydrogen (secondary N) is 2. The molecular formula is C12H15N3O3. The van der Waals surface area contributed by atoms with Crippen LogP contribution in [0.4, 0.5) is 5.69 Å². The second kappa shape index (κ2) is 5.07. The molecule has 0 radical (unpaired) electrons. The molecule has 1 atom stereocenters.